The van der Waals surface area contributed by atoms with E-state index in [1.54, 1.807) is 0 Å². The van der Waals surface area contributed by atoms with Gasteiger partial charge in [0.2, 0.25) is 0 Å². The molecule has 0 bridgehead atoms. The molecule has 3 aliphatic heterocycles. The molecule has 1 amide bonds. The van der Waals surface area contributed by atoms with Gasteiger partial charge in [0, 0.05) is 51.0 Å². The maximum absolute atomic E-state index is 12.8. The quantitative estimate of drug-likeness (QED) is 0.556. The summed E-state index contributed by atoms with van der Waals surface area (Å²) in [6.07, 6.45) is 6.88. The van der Waals surface area contributed by atoms with Crippen molar-refractivity contribution in [3.8, 4) is 11.1 Å². The van der Waals surface area contributed by atoms with Crippen molar-refractivity contribution in [2.75, 3.05) is 41.8 Å². The number of likely N-dealkylation sites (N-methyl/N-ethyl adjacent to an activating group) is 1. The molecular weight excluding hydrogens is 426 g/mol. The van der Waals surface area contributed by atoms with Gasteiger partial charge in [0.25, 0.3) is 5.91 Å². The monoisotopic (exact) mass is 455 g/mol. The molecule has 0 radical (unpaired) electrons. The van der Waals surface area contributed by atoms with Gasteiger partial charge in [0.1, 0.15) is 11.6 Å². The van der Waals surface area contributed by atoms with E-state index in [1.165, 1.54) is 5.56 Å². The second-order valence-electron chi connectivity index (χ2n) is 9.40. The first kappa shape index (κ1) is 20.9. The molecule has 4 N–H and O–H groups in total. The van der Waals surface area contributed by atoms with Crippen LogP contribution in [0.15, 0.2) is 42.7 Å². The van der Waals surface area contributed by atoms with Crippen LogP contribution in [0, 0.1) is 0 Å². The zero-order chi connectivity index (χ0) is 23.2. The molecule has 34 heavy (non-hydrogen) atoms. The predicted octanol–water partition coefficient (Wildman–Crippen LogP) is 3.05. The highest BCUT2D eigenvalue weighted by molar-refractivity contribution is 6.06. The fraction of sp³-hybridized carbons (Fsp3) is 0.346. The average Bonchev–Trinajstić information content (AvgIpc) is 3.43. The Morgan fingerprint density at radius 2 is 1.97 bits per heavy atom. The van der Waals surface area contributed by atoms with Crippen LogP contribution in [-0.4, -0.2) is 48.6 Å². The minimum Gasteiger partial charge on any atom is -0.369 e. The van der Waals surface area contributed by atoms with Crippen LogP contribution >= 0.6 is 0 Å². The number of amides is 1. The third kappa shape index (κ3) is 3.54. The zero-order valence-corrected chi connectivity index (χ0v) is 19.3. The van der Waals surface area contributed by atoms with Crippen molar-refractivity contribution in [1.29, 1.82) is 0 Å². The number of nitrogens with two attached hydrogens (primary N) is 1. The van der Waals surface area contributed by atoms with E-state index in [9.17, 15) is 4.79 Å². The number of piperidine rings is 1. The molecule has 2 aromatic heterocycles. The van der Waals surface area contributed by atoms with Gasteiger partial charge in [-0.3, -0.25) is 4.79 Å². The molecule has 5 heterocycles. The van der Waals surface area contributed by atoms with E-state index >= 15 is 0 Å². The molecular formula is C26H29N7O. The van der Waals surface area contributed by atoms with E-state index in [2.05, 4.69) is 55.6 Å². The Bertz CT molecular complexity index is 1260. The molecule has 1 aromatic carbocycles. The standard InChI is InChI=1S/C26H29N7O/c1-32-12-9-20-19(8-10-28-25(20)32)18-5-6-22(24-21(18)14-30-26(24)34)31-23-7-4-17(13-29-23)33-11-2-3-16(27)15-33/h4-8,10,13,16H,2-3,9,11-12,14-15,27H2,1H3,(H,29,31)(H,30,34)/t16-/m1/s1. The van der Waals surface area contributed by atoms with E-state index in [4.69, 9.17) is 5.73 Å². The molecule has 6 rings (SSSR count). The number of nitrogens with one attached hydrogen (secondary N) is 2. The second-order valence-corrected chi connectivity index (χ2v) is 9.40. The van der Waals surface area contributed by atoms with Crippen molar-refractivity contribution in [2.24, 2.45) is 5.73 Å². The van der Waals surface area contributed by atoms with Crippen molar-refractivity contribution >= 4 is 28.9 Å². The third-order valence-electron chi connectivity index (χ3n) is 7.18. The van der Waals surface area contributed by atoms with Crippen molar-refractivity contribution < 1.29 is 4.79 Å². The van der Waals surface area contributed by atoms with E-state index < -0.39 is 0 Å². The lowest BCUT2D eigenvalue weighted by atomic mass is 9.92. The first-order valence-corrected chi connectivity index (χ1v) is 12.0. The highest BCUT2D eigenvalue weighted by Gasteiger charge is 2.29. The van der Waals surface area contributed by atoms with Crippen molar-refractivity contribution in [3.05, 3.63) is 59.4 Å². The van der Waals surface area contributed by atoms with Crippen LogP contribution in [0.25, 0.3) is 11.1 Å². The topological polar surface area (TPSA) is 99.4 Å². The molecule has 1 atom stereocenters. The van der Waals surface area contributed by atoms with E-state index in [-0.39, 0.29) is 11.9 Å². The molecule has 1 saturated heterocycles. The Morgan fingerprint density at radius 1 is 1.09 bits per heavy atom. The normalized spacial score (nSPS) is 19.1. The number of carbonyl (C=O) groups is 1. The molecule has 174 valence electrons. The SMILES string of the molecule is CN1CCc2c(-c3ccc(Nc4ccc(N5CCC[C@@H](N)C5)cn4)c4c3CNC4=O)ccnc21. The summed E-state index contributed by atoms with van der Waals surface area (Å²) >= 11 is 0. The average molecular weight is 456 g/mol. The minimum atomic E-state index is -0.0545. The lowest BCUT2D eigenvalue weighted by Gasteiger charge is -2.32. The Labute approximate surface area is 199 Å². The highest BCUT2D eigenvalue weighted by atomic mass is 16.1. The van der Waals surface area contributed by atoms with Crippen molar-refractivity contribution in [2.45, 2.75) is 31.8 Å². The van der Waals surface area contributed by atoms with Crippen LogP contribution in [0.2, 0.25) is 0 Å². The van der Waals surface area contributed by atoms with Gasteiger partial charge in [-0.1, -0.05) is 6.07 Å². The van der Waals surface area contributed by atoms with E-state index in [0.717, 1.165) is 72.8 Å². The van der Waals surface area contributed by atoms with Crippen molar-refractivity contribution in [1.82, 2.24) is 15.3 Å². The molecule has 1 fully saturated rings. The number of rotatable bonds is 4. The number of pyridine rings is 2. The van der Waals surface area contributed by atoms with Crippen LogP contribution in [0.3, 0.4) is 0 Å². The van der Waals surface area contributed by atoms with Gasteiger partial charge in [-0.2, -0.15) is 0 Å². The molecule has 8 nitrogen and oxygen atoms in total. The van der Waals surface area contributed by atoms with Crippen molar-refractivity contribution in [3.63, 3.8) is 0 Å². The second kappa shape index (κ2) is 8.29. The molecule has 0 saturated carbocycles. The summed E-state index contributed by atoms with van der Waals surface area (Å²) in [6.45, 7) is 3.35. The Balaban J connectivity index is 1.31. The predicted molar refractivity (Wildman–Crippen MR) is 135 cm³/mol. The number of hydrogen-bond donors (Lipinski definition) is 3. The molecule has 0 unspecified atom stereocenters. The minimum absolute atomic E-state index is 0.0545. The summed E-state index contributed by atoms with van der Waals surface area (Å²) in [5.74, 6) is 1.69. The number of fused-ring (bicyclic) bond motifs is 2. The van der Waals surface area contributed by atoms with Crippen LogP contribution in [0.1, 0.15) is 34.3 Å². The molecule has 3 aromatic rings. The van der Waals surface area contributed by atoms with Gasteiger partial charge in [-0.25, -0.2) is 9.97 Å². The van der Waals surface area contributed by atoms with Gasteiger partial charge in [-0.15, -0.1) is 0 Å². The lowest BCUT2D eigenvalue weighted by Crippen LogP contribution is -2.42. The van der Waals surface area contributed by atoms with E-state index in [1.807, 2.05) is 24.5 Å². The van der Waals surface area contributed by atoms with Gasteiger partial charge < -0.3 is 26.2 Å². The number of hydrogen-bond acceptors (Lipinski definition) is 7. The number of carbonyl (C=O) groups excluding carboxylic acids is 1. The largest absolute Gasteiger partial charge is 0.369 e. The van der Waals surface area contributed by atoms with Gasteiger partial charge >= 0.3 is 0 Å². The zero-order valence-electron chi connectivity index (χ0n) is 19.3. The summed E-state index contributed by atoms with van der Waals surface area (Å²) in [7, 11) is 2.07. The highest BCUT2D eigenvalue weighted by Crippen LogP contribution is 2.39. The summed E-state index contributed by atoms with van der Waals surface area (Å²) in [4.78, 5) is 26.5. The smallest absolute Gasteiger partial charge is 0.254 e. The summed E-state index contributed by atoms with van der Waals surface area (Å²) < 4.78 is 0. The molecule has 0 aliphatic carbocycles. The molecule has 3 aliphatic rings. The maximum atomic E-state index is 12.8. The molecule has 8 heteroatoms. The Morgan fingerprint density at radius 3 is 2.79 bits per heavy atom. The summed E-state index contributed by atoms with van der Waals surface area (Å²) in [5.41, 5.74) is 13.2. The molecule has 0 spiro atoms. The van der Waals surface area contributed by atoms with Gasteiger partial charge in [0.15, 0.2) is 0 Å². The first-order chi connectivity index (χ1) is 16.6. The summed E-state index contributed by atoms with van der Waals surface area (Å²) in [6, 6.07) is 10.4. The fourth-order valence-corrected chi connectivity index (χ4v) is 5.43. The number of anilines is 4. The number of benzene rings is 1. The lowest BCUT2D eigenvalue weighted by molar-refractivity contribution is 0.0966. The Hall–Kier alpha value is -3.65. The maximum Gasteiger partial charge on any atom is 0.254 e. The van der Waals surface area contributed by atoms with Gasteiger partial charge in [-0.05, 0) is 60.2 Å². The van der Waals surface area contributed by atoms with E-state index in [0.29, 0.717) is 17.9 Å². The number of nitrogens with zero attached hydrogens (tertiary/aromatic N) is 4. The van der Waals surface area contributed by atoms with Crippen LogP contribution in [-0.2, 0) is 13.0 Å². The Kier molecular flexibility index (Phi) is 5.10. The van der Waals surface area contributed by atoms with Crippen LogP contribution in [0.5, 0.6) is 0 Å². The van der Waals surface area contributed by atoms with Crippen LogP contribution < -0.4 is 26.2 Å². The van der Waals surface area contributed by atoms with Gasteiger partial charge in [0.05, 0.1) is 23.1 Å². The first-order valence-electron chi connectivity index (χ1n) is 12.0. The fourth-order valence-electron chi connectivity index (χ4n) is 5.43. The van der Waals surface area contributed by atoms with Crippen LogP contribution in [0.4, 0.5) is 23.0 Å². The summed E-state index contributed by atoms with van der Waals surface area (Å²) in [5, 5.41) is 6.39. The number of aromatic nitrogens is 2. The third-order valence-corrected chi connectivity index (χ3v) is 7.18.